The summed E-state index contributed by atoms with van der Waals surface area (Å²) < 4.78 is 0. The van der Waals surface area contributed by atoms with Crippen LogP contribution in [0.2, 0.25) is 0 Å². The molecular formula is C13H14N2O2. The standard InChI is InChI=1S/C13H14N2O2/c1-2-6-11-12(16)15(13(17)14-11)9-10-7-4-3-5-8-10/h2-5,7-8,11H,1,6,9H2,(H,14,17). The summed E-state index contributed by atoms with van der Waals surface area (Å²) in [5.74, 6) is -0.182. The van der Waals surface area contributed by atoms with Crippen molar-refractivity contribution in [3.05, 3.63) is 48.6 Å². The summed E-state index contributed by atoms with van der Waals surface area (Å²) >= 11 is 0. The van der Waals surface area contributed by atoms with E-state index in [4.69, 9.17) is 0 Å². The van der Waals surface area contributed by atoms with Gasteiger partial charge in [-0.1, -0.05) is 36.4 Å². The lowest BCUT2D eigenvalue weighted by Crippen LogP contribution is -2.30. The SMILES string of the molecule is C=CCC1NC(=O)N(Cc2ccccc2)C1=O. The predicted molar refractivity (Wildman–Crippen MR) is 64.1 cm³/mol. The molecule has 1 N–H and O–H groups in total. The molecule has 0 radical (unpaired) electrons. The van der Waals surface area contributed by atoms with E-state index in [0.29, 0.717) is 13.0 Å². The molecule has 1 saturated heterocycles. The van der Waals surface area contributed by atoms with E-state index in [2.05, 4.69) is 11.9 Å². The Hall–Kier alpha value is -2.10. The molecule has 1 unspecified atom stereocenters. The van der Waals surface area contributed by atoms with Gasteiger partial charge >= 0.3 is 6.03 Å². The second-order valence-electron chi connectivity index (χ2n) is 3.94. The second kappa shape index (κ2) is 4.82. The summed E-state index contributed by atoms with van der Waals surface area (Å²) in [5, 5.41) is 2.64. The molecule has 0 bridgehead atoms. The van der Waals surface area contributed by atoms with Crippen LogP contribution in [0.15, 0.2) is 43.0 Å². The maximum absolute atomic E-state index is 11.9. The molecule has 0 saturated carbocycles. The average molecular weight is 230 g/mol. The highest BCUT2D eigenvalue weighted by Crippen LogP contribution is 2.13. The molecule has 0 spiro atoms. The lowest BCUT2D eigenvalue weighted by atomic mass is 10.2. The number of rotatable bonds is 4. The van der Waals surface area contributed by atoms with Gasteiger partial charge in [-0.25, -0.2) is 4.79 Å². The summed E-state index contributed by atoms with van der Waals surface area (Å²) in [7, 11) is 0. The Morgan fingerprint density at radius 1 is 1.29 bits per heavy atom. The molecular weight excluding hydrogens is 216 g/mol. The number of carbonyl (C=O) groups is 2. The number of hydrogen-bond acceptors (Lipinski definition) is 2. The minimum absolute atomic E-state index is 0.182. The number of amides is 3. The quantitative estimate of drug-likeness (QED) is 0.632. The van der Waals surface area contributed by atoms with Gasteiger partial charge in [0.15, 0.2) is 0 Å². The first-order chi connectivity index (χ1) is 8.22. The first kappa shape index (κ1) is 11.4. The number of carbonyl (C=O) groups excluding carboxylic acids is 2. The first-order valence-corrected chi connectivity index (χ1v) is 5.49. The van der Waals surface area contributed by atoms with Crippen molar-refractivity contribution in [2.75, 3.05) is 0 Å². The smallest absolute Gasteiger partial charge is 0.325 e. The number of benzene rings is 1. The van der Waals surface area contributed by atoms with Crippen molar-refractivity contribution in [3.63, 3.8) is 0 Å². The van der Waals surface area contributed by atoms with Crippen molar-refractivity contribution in [2.45, 2.75) is 19.0 Å². The number of hydrogen-bond donors (Lipinski definition) is 1. The Morgan fingerprint density at radius 3 is 2.65 bits per heavy atom. The van der Waals surface area contributed by atoms with Crippen LogP contribution in [0.1, 0.15) is 12.0 Å². The van der Waals surface area contributed by atoms with E-state index < -0.39 is 6.04 Å². The normalized spacial score (nSPS) is 19.3. The molecule has 0 aromatic heterocycles. The molecule has 3 amide bonds. The molecule has 0 aliphatic carbocycles. The van der Waals surface area contributed by atoms with Gasteiger partial charge in [-0.15, -0.1) is 6.58 Å². The van der Waals surface area contributed by atoms with Crippen molar-refractivity contribution >= 4 is 11.9 Å². The fraction of sp³-hybridized carbons (Fsp3) is 0.231. The Bertz CT molecular complexity index is 442. The van der Waals surface area contributed by atoms with Gasteiger partial charge in [0.25, 0.3) is 5.91 Å². The van der Waals surface area contributed by atoms with Gasteiger partial charge in [-0.3, -0.25) is 9.69 Å². The summed E-state index contributed by atoms with van der Waals surface area (Å²) in [6, 6.07) is 8.66. The zero-order chi connectivity index (χ0) is 12.3. The highest BCUT2D eigenvalue weighted by molar-refractivity contribution is 6.04. The summed E-state index contributed by atoms with van der Waals surface area (Å²) in [6.07, 6.45) is 2.10. The lowest BCUT2D eigenvalue weighted by Gasteiger charge is -2.12. The summed E-state index contributed by atoms with van der Waals surface area (Å²) in [6.45, 7) is 3.89. The van der Waals surface area contributed by atoms with E-state index >= 15 is 0 Å². The molecule has 4 nitrogen and oxygen atoms in total. The second-order valence-corrected chi connectivity index (χ2v) is 3.94. The number of nitrogens with zero attached hydrogens (tertiary/aromatic N) is 1. The Labute approximate surface area is 99.9 Å². The molecule has 1 aliphatic rings. The molecule has 1 atom stereocenters. The number of urea groups is 1. The topological polar surface area (TPSA) is 49.4 Å². The van der Waals surface area contributed by atoms with Crippen molar-refractivity contribution < 1.29 is 9.59 Å². The third-order valence-corrected chi connectivity index (χ3v) is 2.69. The van der Waals surface area contributed by atoms with Crippen LogP contribution in [0, 0.1) is 0 Å². The zero-order valence-corrected chi connectivity index (χ0v) is 9.43. The van der Waals surface area contributed by atoms with Crippen LogP contribution in [0.3, 0.4) is 0 Å². The Kier molecular flexibility index (Phi) is 3.23. The Morgan fingerprint density at radius 2 is 2.00 bits per heavy atom. The van der Waals surface area contributed by atoms with Crippen molar-refractivity contribution in [2.24, 2.45) is 0 Å². The molecule has 88 valence electrons. The van der Waals surface area contributed by atoms with Crippen LogP contribution in [0.4, 0.5) is 4.79 Å². The van der Waals surface area contributed by atoms with Crippen LogP contribution in [0.5, 0.6) is 0 Å². The monoisotopic (exact) mass is 230 g/mol. The van der Waals surface area contributed by atoms with Gasteiger partial charge < -0.3 is 5.32 Å². The minimum Gasteiger partial charge on any atom is -0.325 e. The van der Waals surface area contributed by atoms with E-state index in [1.807, 2.05) is 30.3 Å². The van der Waals surface area contributed by atoms with E-state index in [-0.39, 0.29) is 11.9 Å². The largest absolute Gasteiger partial charge is 0.325 e. The third-order valence-electron chi connectivity index (χ3n) is 2.69. The molecule has 1 aliphatic heterocycles. The molecule has 1 heterocycles. The van der Waals surface area contributed by atoms with Crippen molar-refractivity contribution in [1.82, 2.24) is 10.2 Å². The number of imide groups is 1. The van der Waals surface area contributed by atoms with Gasteiger partial charge in [-0.2, -0.15) is 0 Å². The maximum Gasteiger partial charge on any atom is 0.325 e. The fourth-order valence-electron chi connectivity index (χ4n) is 1.82. The summed E-state index contributed by atoms with van der Waals surface area (Å²) in [5.41, 5.74) is 0.940. The highest BCUT2D eigenvalue weighted by atomic mass is 16.2. The number of nitrogens with one attached hydrogen (secondary N) is 1. The molecule has 2 rings (SSSR count). The molecule has 1 aromatic carbocycles. The lowest BCUT2D eigenvalue weighted by molar-refractivity contribution is -0.127. The van der Waals surface area contributed by atoms with Crippen molar-refractivity contribution in [3.8, 4) is 0 Å². The van der Waals surface area contributed by atoms with Crippen LogP contribution < -0.4 is 5.32 Å². The van der Waals surface area contributed by atoms with Crippen molar-refractivity contribution in [1.29, 1.82) is 0 Å². The zero-order valence-electron chi connectivity index (χ0n) is 9.43. The van der Waals surface area contributed by atoms with E-state index in [1.165, 1.54) is 4.90 Å². The molecule has 1 aromatic rings. The molecule has 17 heavy (non-hydrogen) atoms. The van der Waals surface area contributed by atoms with E-state index in [1.54, 1.807) is 6.08 Å². The highest BCUT2D eigenvalue weighted by Gasteiger charge is 2.36. The van der Waals surface area contributed by atoms with Gasteiger partial charge in [0.1, 0.15) is 6.04 Å². The van der Waals surface area contributed by atoms with Gasteiger partial charge in [0.05, 0.1) is 6.54 Å². The summed E-state index contributed by atoms with van der Waals surface area (Å²) in [4.78, 5) is 24.8. The van der Waals surface area contributed by atoms with Crippen LogP contribution in [-0.2, 0) is 11.3 Å². The van der Waals surface area contributed by atoms with Gasteiger partial charge in [-0.05, 0) is 12.0 Å². The van der Waals surface area contributed by atoms with Crippen LogP contribution >= 0.6 is 0 Å². The first-order valence-electron chi connectivity index (χ1n) is 5.49. The Balaban J connectivity index is 2.09. The van der Waals surface area contributed by atoms with Gasteiger partial charge in [0, 0.05) is 0 Å². The third kappa shape index (κ3) is 2.36. The maximum atomic E-state index is 11.9. The van der Waals surface area contributed by atoms with Gasteiger partial charge in [0.2, 0.25) is 0 Å². The van der Waals surface area contributed by atoms with Crippen LogP contribution in [0.25, 0.3) is 0 Å². The molecule has 4 heteroatoms. The fourth-order valence-corrected chi connectivity index (χ4v) is 1.82. The van der Waals surface area contributed by atoms with E-state index in [0.717, 1.165) is 5.56 Å². The predicted octanol–water partition coefficient (Wildman–Crippen LogP) is 1.68. The minimum atomic E-state index is -0.455. The van der Waals surface area contributed by atoms with Crippen LogP contribution in [-0.4, -0.2) is 22.9 Å². The van der Waals surface area contributed by atoms with E-state index in [9.17, 15) is 9.59 Å². The molecule has 1 fully saturated rings. The average Bonchev–Trinajstić information content (AvgIpc) is 2.59.